The van der Waals surface area contributed by atoms with Gasteiger partial charge in [0, 0.05) is 25.2 Å². The normalized spacial score (nSPS) is 29.3. The van der Waals surface area contributed by atoms with Crippen molar-refractivity contribution in [2.75, 3.05) is 19.6 Å². The van der Waals surface area contributed by atoms with Gasteiger partial charge >= 0.3 is 0 Å². The van der Waals surface area contributed by atoms with Crippen LogP contribution in [0.25, 0.3) is 0 Å². The third-order valence-corrected chi connectivity index (χ3v) is 4.07. The molecule has 1 fully saturated rings. The molecule has 1 aliphatic rings. The first-order valence-corrected chi connectivity index (χ1v) is 7.50. The minimum atomic E-state index is 0.698. The van der Waals surface area contributed by atoms with Crippen molar-refractivity contribution >= 4 is 0 Å². The van der Waals surface area contributed by atoms with Crippen LogP contribution in [-0.4, -0.2) is 36.6 Å². The average molecular weight is 240 g/mol. The van der Waals surface area contributed by atoms with E-state index in [1.807, 2.05) is 0 Å². The molecule has 3 unspecified atom stereocenters. The minimum Gasteiger partial charge on any atom is -0.313 e. The summed E-state index contributed by atoms with van der Waals surface area (Å²) in [6, 6.07) is 1.44. The van der Waals surface area contributed by atoms with Gasteiger partial charge in [0.05, 0.1) is 0 Å². The topological polar surface area (TPSA) is 15.3 Å². The highest BCUT2D eigenvalue weighted by Crippen LogP contribution is 2.16. The molecule has 1 aliphatic heterocycles. The molecule has 0 saturated carbocycles. The van der Waals surface area contributed by atoms with Gasteiger partial charge in [-0.2, -0.15) is 0 Å². The van der Waals surface area contributed by atoms with Crippen molar-refractivity contribution in [1.82, 2.24) is 10.2 Å². The lowest BCUT2D eigenvalue weighted by Gasteiger charge is -2.31. The number of hydrogen-bond acceptors (Lipinski definition) is 2. The van der Waals surface area contributed by atoms with E-state index in [-0.39, 0.29) is 0 Å². The lowest BCUT2D eigenvalue weighted by atomic mass is 10.0. The Morgan fingerprint density at radius 2 is 2.00 bits per heavy atom. The maximum absolute atomic E-state index is 3.72. The first kappa shape index (κ1) is 15.0. The molecule has 0 spiro atoms. The highest BCUT2D eigenvalue weighted by molar-refractivity contribution is 4.82. The summed E-state index contributed by atoms with van der Waals surface area (Å²) in [5.41, 5.74) is 0. The van der Waals surface area contributed by atoms with Crippen LogP contribution in [0.4, 0.5) is 0 Å². The first-order valence-electron chi connectivity index (χ1n) is 7.50. The summed E-state index contributed by atoms with van der Waals surface area (Å²) in [5.74, 6) is 1.63. The van der Waals surface area contributed by atoms with E-state index in [1.54, 1.807) is 0 Å². The van der Waals surface area contributed by atoms with Gasteiger partial charge in [0.1, 0.15) is 0 Å². The van der Waals surface area contributed by atoms with Gasteiger partial charge in [0.25, 0.3) is 0 Å². The van der Waals surface area contributed by atoms with Crippen molar-refractivity contribution in [3.8, 4) is 0 Å². The van der Waals surface area contributed by atoms with Gasteiger partial charge in [-0.05, 0) is 38.1 Å². The minimum absolute atomic E-state index is 0.698. The van der Waals surface area contributed by atoms with Crippen LogP contribution >= 0.6 is 0 Å². The summed E-state index contributed by atoms with van der Waals surface area (Å²) in [7, 11) is 0. The molecule has 0 amide bonds. The van der Waals surface area contributed by atoms with E-state index < -0.39 is 0 Å². The Morgan fingerprint density at radius 1 is 1.29 bits per heavy atom. The van der Waals surface area contributed by atoms with Crippen molar-refractivity contribution in [1.29, 1.82) is 0 Å². The summed E-state index contributed by atoms with van der Waals surface area (Å²) in [4.78, 5) is 2.71. The monoisotopic (exact) mass is 240 g/mol. The molecule has 102 valence electrons. The summed E-state index contributed by atoms with van der Waals surface area (Å²) in [6.07, 6.45) is 3.90. The Hall–Kier alpha value is -0.0800. The molecule has 2 heteroatoms. The van der Waals surface area contributed by atoms with Crippen LogP contribution < -0.4 is 5.32 Å². The SMILES string of the molecule is CCC(C)CN1CC(CC(C)C)NCCC1C. The van der Waals surface area contributed by atoms with E-state index in [9.17, 15) is 0 Å². The fraction of sp³-hybridized carbons (Fsp3) is 1.00. The second-order valence-corrected chi connectivity index (χ2v) is 6.39. The van der Waals surface area contributed by atoms with Gasteiger partial charge in [0.2, 0.25) is 0 Å². The quantitative estimate of drug-likeness (QED) is 0.794. The Balaban J connectivity index is 2.52. The number of rotatable bonds is 5. The van der Waals surface area contributed by atoms with Crippen LogP contribution in [-0.2, 0) is 0 Å². The molecule has 1 heterocycles. The molecule has 0 aromatic rings. The molecule has 0 bridgehead atoms. The van der Waals surface area contributed by atoms with Gasteiger partial charge in [-0.25, -0.2) is 0 Å². The predicted molar refractivity (Wildman–Crippen MR) is 76.4 cm³/mol. The maximum Gasteiger partial charge on any atom is 0.0197 e. The standard InChI is InChI=1S/C15H32N2/c1-6-13(4)10-17-11-15(9-12(2)3)16-8-7-14(17)5/h12-16H,6-11H2,1-5H3. The molecule has 17 heavy (non-hydrogen) atoms. The summed E-state index contributed by atoms with van der Waals surface area (Å²) < 4.78 is 0. The number of hydrogen-bond donors (Lipinski definition) is 1. The maximum atomic E-state index is 3.72. The summed E-state index contributed by atoms with van der Waals surface area (Å²) >= 11 is 0. The molecular weight excluding hydrogens is 208 g/mol. The Morgan fingerprint density at radius 3 is 2.59 bits per heavy atom. The Kier molecular flexibility index (Phi) is 6.50. The van der Waals surface area contributed by atoms with Crippen LogP contribution in [0.15, 0.2) is 0 Å². The third-order valence-electron chi connectivity index (χ3n) is 4.07. The highest BCUT2D eigenvalue weighted by Gasteiger charge is 2.23. The lowest BCUT2D eigenvalue weighted by molar-refractivity contribution is 0.171. The fourth-order valence-electron chi connectivity index (χ4n) is 2.72. The molecular formula is C15H32N2. The second-order valence-electron chi connectivity index (χ2n) is 6.39. The second kappa shape index (κ2) is 7.38. The van der Waals surface area contributed by atoms with Crippen molar-refractivity contribution in [2.45, 2.75) is 66.0 Å². The molecule has 3 atom stereocenters. The summed E-state index contributed by atoms with van der Waals surface area (Å²) in [6.45, 7) is 15.4. The largest absolute Gasteiger partial charge is 0.313 e. The van der Waals surface area contributed by atoms with Gasteiger partial charge in [-0.15, -0.1) is 0 Å². The molecule has 0 aromatic carbocycles. The Bertz CT molecular complexity index is 203. The van der Waals surface area contributed by atoms with E-state index in [0.717, 1.165) is 17.9 Å². The van der Waals surface area contributed by atoms with Gasteiger partial charge in [-0.1, -0.05) is 34.1 Å². The van der Waals surface area contributed by atoms with Crippen LogP contribution in [0.1, 0.15) is 53.9 Å². The number of nitrogens with one attached hydrogen (secondary N) is 1. The zero-order valence-electron chi connectivity index (χ0n) is 12.5. The van der Waals surface area contributed by atoms with E-state index in [0.29, 0.717) is 6.04 Å². The van der Waals surface area contributed by atoms with Crippen molar-refractivity contribution in [3.63, 3.8) is 0 Å². The van der Waals surface area contributed by atoms with E-state index >= 15 is 0 Å². The third kappa shape index (κ3) is 5.39. The molecule has 2 nitrogen and oxygen atoms in total. The molecule has 1 saturated heterocycles. The highest BCUT2D eigenvalue weighted by atomic mass is 15.2. The average Bonchev–Trinajstić information content (AvgIpc) is 2.41. The molecule has 0 aliphatic carbocycles. The van der Waals surface area contributed by atoms with Gasteiger partial charge in [0.15, 0.2) is 0 Å². The number of nitrogens with zero attached hydrogens (tertiary/aromatic N) is 1. The van der Waals surface area contributed by atoms with Gasteiger partial charge < -0.3 is 5.32 Å². The zero-order chi connectivity index (χ0) is 12.8. The first-order chi connectivity index (χ1) is 8.02. The van der Waals surface area contributed by atoms with E-state index in [1.165, 1.54) is 38.9 Å². The smallest absolute Gasteiger partial charge is 0.0197 e. The Labute approximate surface area is 108 Å². The molecule has 1 N–H and O–H groups in total. The van der Waals surface area contributed by atoms with Gasteiger partial charge in [-0.3, -0.25) is 4.90 Å². The molecule has 1 rings (SSSR count). The van der Waals surface area contributed by atoms with Crippen molar-refractivity contribution < 1.29 is 0 Å². The van der Waals surface area contributed by atoms with Crippen molar-refractivity contribution in [3.05, 3.63) is 0 Å². The van der Waals surface area contributed by atoms with Crippen LogP contribution in [0.3, 0.4) is 0 Å². The molecule has 0 aromatic heterocycles. The summed E-state index contributed by atoms with van der Waals surface area (Å²) in [5, 5.41) is 3.72. The van der Waals surface area contributed by atoms with Crippen LogP contribution in [0, 0.1) is 11.8 Å². The van der Waals surface area contributed by atoms with E-state index in [2.05, 4.69) is 44.8 Å². The molecule has 0 radical (unpaired) electrons. The van der Waals surface area contributed by atoms with E-state index in [4.69, 9.17) is 0 Å². The van der Waals surface area contributed by atoms with Crippen molar-refractivity contribution in [2.24, 2.45) is 11.8 Å². The predicted octanol–water partition coefficient (Wildman–Crippen LogP) is 3.13. The van der Waals surface area contributed by atoms with Crippen LogP contribution in [0.5, 0.6) is 0 Å². The van der Waals surface area contributed by atoms with Crippen LogP contribution in [0.2, 0.25) is 0 Å². The lowest BCUT2D eigenvalue weighted by Crippen LogP contribution is -2.42. The zero-order valence-corrected chi connectivity index (χ0v) is 12.5. The fourth-order valence-corrected chi connectivity index (χ4v) is 2.72.